The molecule has 1 amide bonds. The van der Waals surface area contributed by atoms with Crippen molar-refractivity contribution >= 4 is 38.6 Å². The highest BCUT2D eigenvalue weighted by molar-refractivity contribution is 7.89. The van der Waals surface area contributed by atoms with Crippen LogP contribution in [-0.4, -0.2) is 54.7 Å². The van der Waals surface area contributed by atoms with Crippen molar-refractivity contribution in [2.75, 3.05) is 26.2 Å². The Morgan fingerprint density at radius 1 is 1.00 bits per heavy atom. The summed E-state index contributed by atoms with van der Waals surface area (Å²) in [6.07, 6.45) is 1.61. The van der Waals surface area contributed by atoms with Gasteiger partial charge in [0.2, 0.25) is 10.0 Å². The van der Waals surface area contributed by atoms with Gasteiger partial charge in [-0.15, -0.1) is 22.7 Å². The van der Waals surface area contributed by atoms with Crippen molar-refractivity contribution in [2.24, 2.45) is 0 Å². The van der Waals surface area contributed by atoms with Gasteiger partial charge in [0.15, 0.2) is 0 Å². The first kappa shape index (κ1) is 18.3. The highest BCUT2D eigenvalue weighted by Gasteiger charge is 2.30. The van der Waals surface area contributed by atoms with Crippen LogP contribution in [-0.2, 0) is 10.0 Å². The number of sulfonamides is 1. The van der Waals surface area contributed by atoms with E-state index in [2.05, 4.69) is 4.98 Å². The molecule has 6 nitrogen and oxygen atoms in total. The zero-order valence-corrected chi connectivity index (χ0v) is 16.8. The Hall–Kier alpha value is -2.07. The minimum atomic E-state index is -3.51. The van der Waals surface area contributed by atoms with E-state index in [0.717, 1.165) is 9.88 Å². The van der Waals surface area contributed by atoms with Gasteiger partial charge in [-0.1, -0.05) is 24.3 Å². The molecule has 3 aromatic rings. The van der Waals surface area contributed by atoms with Gasteiger partial charge in [-0.3, -0.25) is 4.79 Å². The summed E-state index contributed by atoms with van der Waals surface area (Å²) in [4.78, 5) is 20.7. The Labute approximate surface area is 165 Å². The highest BCUT2D eigenvalue weighted by atomic mass is 32.2. The van der Waals surface area contributed by atoms with E-state index in [4.69, 9.17) is 0 Å². The lowest BCUT2D eigenvalue weighted by Gasteiger charge is -2.33. The third kappa shape index (κ3) is 3.68. The number of hydrogen-bond donors (Lipinski definition) is 0. The van der Waals surface area contributed by atoms with Crippen molar-refractivity contribution in [1.82, 2.24) is 14.2 Å². The zero-order chi connectivity index (χ0) is 18.9. The van der Waals surface area contributed by atoms with Crippen molar-refractivity contribution in [3.8, 4) is 9.88 Å². The Kier molecular flexibility index (Phi) is 5.09. The summed E-state index contributed by atoms with van der Waals surface area (Å²) in [6.45, 7) is 1.33. The van der Waals surface area contributed by atoms with Gasteiger partial charge < -0.3 is 4.90 Å². The standard InChI is InChI=1S/C18H17N3O3S3/c22-18(16-13-19-17(26-16)15-7-4-12-25-15)20-8-10-21(11-9-20)27(23,24)14-5-2-1-3-6-14/h1-7,12-13H,8-11H2. The van der Waals surface area contributed by atoms with Gasteiger partial charge in [-0.25, -0.2) is 13.4 Å². The molecular weight excluding hydrogens is 402 g/mol. The van der Waals surface area contributed by atoms with Crippen LogP contribution in [0.15, 0.2) is 58.9 Å². The van der Waals surface area contributed by atoms with Crippen molar-refractivity contribution in [2.45, 2.75) is 4.90 Å². The number of nitrogens with zero attached hydrogens (tertiary/aromatic N) is 3. The molecule has 1 aliphatic heterocycles. The molecule has 1 fully saturated rings. The molecule has 0 aliphatic carbocycles. The minimum Gasteiger partial charge on any atom is -0.335 e. The molecule has 1 aromatic carbocycles. The molecule has 0 atom stereocenters. The second-order valence-electron chi connectivity index (χ2n) is 6.02. The molecule has 3 heterocycles. The third-order valence-corrected chi connectivity index (χ3v) is 8.29. The molecule has 0 bridgehead atoms. The number of thiazole rings is 1. The van der Waals surface area contributed by atoms with Gasteiger partial charge in [-0.2, -0.15) is 4.31 Å². The number of rotatable bonds is 4. The first-order valence-electron chi connectivity index (χ1n) is 8.40. The van der Waals surface area contributed by atoms with Crippen LogP contribution < -0.4 is 0 Å². The van der Waals surface area contributed by atoms with E-state index < -0.39 is 10.0 Å². The quantitative estimate of drug-likeness (QED) is 0.652. The number of aromatic nitrogens is 1. The molecule has 4 rings (SSSR count). The van der Waals surface area contributed by atoms with Gasteiger partial charge in [0.1, 0.15) is 9.88 Å². The van der Waals surface area contributed by atoms with Gasteiger partial charge >= 0.3 is 0 Å². The Bertz CT molecular complexity index is 1020. The van der Waals surface area contributed by atoms with E-state index in [1.54, 1.807) is 52.8 Å². The maximum Gasteiger partial charge on any atom is 0.265 e. The number of benzene rings is 1. The van der Waals surface area contributed by atoms with E-state index in [1.807, 2.05) is 17.5 Å². The molecule has 0 N–H and O–H groups in total. The Morgan fingerprint density at radius 3 is 2.41 bits per heavy atom. The Balaban J connectivity index is 1.43. The van der Waals surface area contributed by atoms with Crippen LogP contribution in [0.5, 0.6) is 0 Å². The molecule has 1 aliphatic rings. The first-order valence-corrected chi connectivity index (χ1v) is 11.5. The lowest BCUT2D eigenvalue weighted by Crippen LogP contribution is -2.50. The number of carbonyl (C=O) groups excluding carboxylic acids is 1. The fourth-order valence-corrected chi connectivity index (χ4v) is 6.05. The predicted octanol–water partition coefficient (Wildman–Crippen LogP) is 3.02. The fraction of sp³-hybridized carbons (Fsp3) is 0.222. The van der Waals surface area contributed by atoms with Crippen molar-refractivity contribution in [3.05, 3.63) is 58.9 Å². The molecule has 1 saturated heterocycles. The van der Waals surface area contributed by atoms with Crippen LogP contribution in [0.25, 0.3) is 9.88 Å². The van der Waals surface area contributed by atoms with E-state index in [0.29, 0.717) is 31.1 Å². The number of carbonyl (C=O) groups is 1. The van der Waals surface area contributed by atoms with E-state index >= 15 is 0 Å². The smallest absolute Gasteiger partial charge is 0.265 e. The average molecular weight is 420 g/mol. The largest absolute Gasteiger partial charge is 0.335 e. The molecule has 9 heteroatoms. The predicted molar refractivity (Wildman–Crippen MR) is 107 cm³/mol. The van der Waals surface area contributed by atoms with E-state index in [1.165, 1.54) is 15.6 Å². The summed E-state index contributed by atoms with van der Waals surface area (Å²) >= 11 is 2.96. The highest BCUT2D eigenvalue weighted by Crippen LogP contribution is 2.29. The van der Waals surface area contributed by atoms with Gasteiger partial charge in [0.05, 0.1) is 16.0 Å². The summed E-state index contributed by atoms with van der Waals surface area (Å²) in [5, 5.41) is 2.81. The Morgan fingerprint density at radius 2 is 1.74 bits per heavy atom. The molecule has 140 valence electrons. The maximum absolute atomic E-state index is 12.7. The summed E-state index contributed by atoms with van der Waals surface area (Å²) in [7, 11) is -3.51. The fourth-order valence-electron chi connectivity index (χ4n) is 2.92. The molecule has 0 unspecified atom stereocenters. The monoisotopic (exact) mass is 419 g/mol. The SMILES string of the molecule is O=C(c1cnc(-c2cccs2)s1)N1CCN(S(=O)(=O)c2ccccc2)CC1. The van der Waals surface area contributed by atoms with Crippen molar-refractivity contribution in [1.29, 1.82) is 0 Å². The van der Waals surface area contributed by atoms with Crippen LogP contribution in [0, 0.1) is 0 Å². The zero-order valence-electron chi connectivity index (χ0n) is 14.3. The third-order valence-electron chi connectivity index (χ3n) is 4.36. The topological polar surface area (TPSA) is 70.6 Å². The molecule has 0 spiro atoms. The first-order chi connectivity index (χ1) is 13.1. The number of thiophene rings is 1. The van der Waals surface area contributed by atoms with Crippen LogP contribution in [0.3, 0.4) is 0 Å². The number of amides is 1. The van der Waals surface area contributed by atoms with Gasteiger partial charge in [0.25, 0.3) is 5.91 Å². The second kappa shape index (κ2) is 7.51. The normalized spacial score (nSPS) is 15.8. The number of piperazine rings is 1. The van der Waals surface area contributed by atoms with Gasteiger partial charge in [-0.05, 0) is 23.6 Å². The molecule has 2 aromatic heterocycles. The van der Waals surface area contributed by atoms with E-state index in [-0.39, 0.29) is 10.8 Å². The lowest BCUT2D eigenvalue weighted by atomic mass is 10.3. The molecular formula is C18H17N3O3S3. The van der Waals surface area contributed by atoms with Crippen LogP contribution in [0.2, 0.25) is 0 Å². The van der Waals surface area contributed by atoms with Crippen LogP contribution >= 0.6 is 22.7 Å². The lowest BCUT2D eigenvalue weighted by molar-refractivity contribution is 0.0702. The summed E-state index contributed by atoms with van der Waals surface area (Å²) < 4.78 is 26.8. The summed E-state index contributed by atoms with van der Waals surface area (Å²) in [5.74, 6) is -0.0907. The molecule has 27 heavy (non-hydrogen) atoms. The molecule has 0 radical (unpaired) electrons. The maximum atomic E-state index is 12.7. The van der Waals surface area contributed by atoms with Gasteiger partial charge in [0, 0.05) is 26.2 Å². The molecule has 0 saturated carbocycles. The summed E-state index contributed by atoms with van der Waals surface area (Å²) in [5.41, 5.74) is 0. The second-order valence-corrected chi connectivity index (χ2v) is 9.93. The van der Waals surface area contributed by atoms with Crippen molar-refractivity contribution in [3.63, 3.8) is 0 Å². The van der Waals surface area contributed by atoms with Crippen LogP contribution in [0.1, 0.15) is 9.67 Å². The summed E-state index contributed by atoms with van der Waals surface area (Å²) in [6, 6.07) is 12.3. The van der Waals surface area contributed by atoms with Crippen LogP contribution in [0.4, 0.5) is 0 Å². The minimum absolute atomic E-state index is 0.0907. The van der Waals surface area contributed by atoms with E-state index in [9.17, 15) is 13.2 Å². The number of hydrogen-bond acceptors (Lipinski definition) is 6. The van der Waals surface area contributed by atoms with Crippen molar-refractivity contribution < 1.29 is 13.2 Å². The average Bonchev–Trinajstić information content (AvgIpc) is 3.40.